The third-order valence-corrected chi connectivity index (χ3v) is 3.15. The number of nitriles is 1. The molecule has 0 unspecified atom stereocenters. The molecule has 14 heavy (non-hydrogen) atoms. The Kier molecular flexibility index (Phi) is 4.09. The van der Waals surface area contributed by atoms with E-state index in [0.29, 0.717) is 12.3 Å². The third kappa shape index (κ3) is 2.55. The van der Waals surface area contributed by atoms with Crippen molar-refractivity contribution >= 4 is 11.3 Å². The van der Waals surface area contributed by atoms with Gasteiger partial charge in [-0.25, -0.2) is 4.98 Å². The molecule has 0 bridgehead atoms. The fourth-order valence-corrected chi connectivity index (χ4v) is 2.64. The van der Waals surface area contributed by atoms with Crippen molar-refractivity contribution in [1.82, 2.24) is 4.98 Å². The molecule has 0 radical (unpaired) electrons. The van der Waals surface area contributed by atoms with Crippen LogP contribution in [0, 0.1) is 11.3 Å². The zero-order valence-corrected chi connectivity index (χ0v) is 9.82. The maximum atomic E-state index is 8.69. The second-order valence-corrected chi connectivity index (χ2v) is 4.82. The highest BCUT2D eigenvalue weighted by Crippen LogP contribution is 2.26. The first-order valence-electron chi connectivity index (χ1n) is 5.04. The van der Waals surface area contributed by atoms with Crippen LogP contribution in [0.1, 0.15) is 48.7 Å². The minimum absolute atomic E-state index is 0.431. The number of aromatic nitrogens is 1. The molecule has 0 aliphatic carbocycles. The first kappa shape index (κ1) is 11.2. The van der Waals surface area contributed by atoms with Gasteiger partial charge in [0.25, 0.3) is 0 Å². The van der Waals surface area contributed by atoms with Gasteiger partial charge >= 0.3 is 0 Å². The molecule has 2 nitrogen and oxygen atoms in total. The van der Waals surface area contributed by atoms with Crippen molar-refractivity contribution in [1.29, 1.82) is 5.26 Å². The van der Waals surface area contributed by atoms with E-state index < -0.39 is 0 Å². The van der Waals surface area contributed by atoms with Gasteiger partial charge in [-0.15, -0.1) is 11.3 Å². The number of nitrogens with zero attached hydrogens (tertiary/aromatic N) is 2. The van der Waals surface area contributed by atoms with Crippen molar-refractivity contribution in [3.8, 4) is 6.07 Å². The molecule has 0 saturated heterocycles. The summed E-state index contributed by atoms with van der Waals surface area (Å²) >= 11 is 1.70. The number of thiazole rings is 1. The Morgan fingerprint density at radius 1 is 1.50 bits per heavy atom. The standard InChI is InChI=1S/C11H16N2S/c1-4-5-10-13-11(8(2)3)9(14-10)6-7-12/h8H,4-6H2,1-3H3. The topological polar surface area (TPSA) is 36.7 Å². The molecular weight excluding hydrogens is 192 g/mol. The number of hydrogen-bond acceptors (Lipinski definition) is 3. The van der Waals surface area contributed by atoms with Crippen molar-refractivity contribution in [3.63, 3.8) is 0 Å². The summed E-state index contributed by atoms with van der Waals surface area (Å²) in [5.74, 6) is 0.431. The van der Waals surface area contributed by atoms with Crippen molar-refractivity contribution in [2.45, 2.75) is 46.0 Å². The van der Waals surface area contributed by atoms with Crippen molar-refractivity contribution < 1.29 is 0 Å². The van der Waals surface area contributed by atoms with Gasteiger partial charge in [-0.1, -0.05) is 20.8 Å². The van der Waals surface area contributed by atoms with Crippen LogP contribution >= 0.6 is 11.3 Å². The van der Waals surface area contributed by atoms with Crippen LogP contribution in [0.4, 0.5) is 0 Å². The summed E-state index contributed by atoms with van der Waals surface area (Å²) in [6.07, 6.45) is 2.67. The number of rotatable bonds is 4. The maximum absolute atomic E-state index is 8.69. The van der Waals surface area contributed by atoms with Crippen LogP contribution in [0.2, 0.25) is 0 Å². The Bertz CT molecular complexity index is 334. The van der Waals surface area contributed by atoms with Crippen LogP contribution in [0.25, 0.3) is 0 Å². The second kappa shape index (κ2) is 5.11. The smallest absolute Gasteiger partial charge is 0.0931 e. The molecule has 0 aliphatic heterocycles. The predicted octanol–water partition coefficient (Wildman–Crippen LogP) is 3.29. The zero-order valence-electron chi connectivity index (χ0n) is 9.00. The molecule has 0 atom stereocenters. The second-order valence-electron chi connectivity index (χ2n) is 3.66. The fraction of sp³-hybridized carbons (Fsp3) is 0.636. The highest BCUT2D eigenvalue weighted by Gasteiger charge is 2.13. The van der Waals surface area contributed by atoms with Gasteiger partial charge in [-0.3, -0.25) is 0 Å². The van der Waals surface area contributed by atoms with Gasteiger partial charge < -0.3 is 0 Å². The minimum atomic E-state index is 0.431. The highest BCUT2D eigenvalue weighted by molar-refractivity contribution is 7.11. The summed E-state index contributed by atoms with van der Waals surface area (Å²) in [6.45, 7) is 6.41. The SMILES string of the molecule is CCCc1nc(C(C)C)c(CC#N)s1. The molecule has 1 aromatic heterocycles. The summed E-state index contributed by atoms with van der Waals surface area (Å²) < 4.78 is 0. The first-order valence-corrected chi connectivity index (χ1v) is 5.86. The molecule has 0 spiro atoms. The number of aryl methyl sites for hydroxylation is 1. The van der Waals surface area contributed by atoms with Crippen LogP contribution in [0.5, 0.6) is 0 Å². The van der Waals surface area contributed by atoms with E-state index >= 15 is 0 Å². The first-order chi connectivity index (χ1) is 6.69. The van der Waals surface area contributed by atoms with Crippen molar-refractivity contribution in [2.24, 2.45) is 0 Å². The molecule has 0 saturated carbocycles. The molecule has 0 fully saturated rings. The lowest BCUT2D eigenvalue weighted by Gasteiger charge is -2.00. The normalized spacial score (nSPS) is 10.5. The van der Waals surface area contributed by atoms with E-state index in [1.165, 1.54) is 5.01 Å². The molecular formula is C11H16N2S. The van der Waals surface area contributed by atoms with Crippen LogP contribution in [-0.2, 0) is 12.8 Å². The minimum Gasteiger partial charge on any atom is -0.246 e. The third-order valence-electron chi connectivity index (χ3n) is 2.02. The van der Waals surface area contributed by atoms with E-state index in [4.69, 9.17) is 5.26 Å². The molecule has 1 aromatic rings. The largest absolute Gasteiger partial charge is 0.246 e. The van der Waals surface area contributed by atoms with Gasteiger partial charge in [-0.05, 0) is 18.8 Å². The van der Waals surface area contributed by atoms with Crippen LogP contribution in [0.3, 0.4) is 0 Å². The van der Waals surface area contributed by atoms with Gasteiger partial charge in [0.05, 0.1) is 23.2 Å². The van der Waals surface area contributed by atoms with E-state index in [2.05, 4.69) is 31.8 Å². The molecule has 0 aliphatic rings. The molecule has 3 heteroatoms. The van der Waals surface area contributed by atoms with E-state index in [9.17, 15) is 0 Å². The Labute approximate surface area is 89.6 Å². The zero-order chi connectivity index (χ0) is 10.6. The molecule has 1 rings (SSSR count). The summed E-state index contributed by atoms with van der Waals surface area (Å²) in [7, 11) is 0. The lowest BCUT2D eigenvalue weighted by Crippen LogP contribution is -1.93. The molecule has 76 valence electrons. The van der Waals surface area contributed by atoms with Crippen LogP contribution < -0.4 is 0 Å². The lowest BCUT2D eigenvalue weighted by molar-refractivity contribution is 0.803. The molecule has 0 N–H and O–H groups in total. The monoisotopic (exact) mass is 208 g/mol. The summed E-state index contributed by atoms with van der Waals surface area (Å²) in [6, 6.07) is 2.21. The average molecular weight is 208 g/mol. The highest BCUT2D eigenvalue weighted by atomic mass is 32.1. The Morgan fingerprint density at radius 2 is 2.21 bits per heavy atom. The van der Waals surface area contributed by atoms with Crippen molar-refractivity contribution in [3.05, 3.63) is 15.6 Å². The maximum Gasteiger partial charge on any atom is 0.0931 e. The van der Waals surface area contributed by atoms with Gasteiger partial charge in [0, 0.05) is 4.88 Å². The summed E-state index contributed by atoms with van der Waals surface area (Å²) in [5.41, 5.74) is 1.13. The Balaban J connectivity index is 2.94. The Morgan fingerprint density at radius 3 is 2.71 bits per heavy atom. The van der Waals surface area contributed by atoms with Crippen LogP contribution in [-0.4, -0.2) is 4.98 Å². The molecule has 0 aromatic carbocycles. The summed E-state index contributed by atoms with van der Waals surface area (Å²) in [5, 5.41) is 9.88. The van der Waals surface area contributed by atoms with Gasteiger partial charge in [0.2, 0.25) is 0 Å². The molecule has 1 heterocycles. The van der Waals surface area contributed by atoms with E-state index in [1.54, 1.807) is 11.3 Å². The fourth-order valence-electron chi connectivity index (χ4n) is 1.38. The summed E-state index contributed by atoms with van der Waals surface area (Å²) in [4.78, 5) is 5.74. The van der Waals surface area contributed by atoms with Gasteiger partial charge in [-0.2, -0.15) is 5.26 Å². The van der Waals surface area contributed by atoms with Crippen molar-refractivity contribution in [2.75, 3.05) is 0 Å². The quantitative estimate of drug-likeness (QED) is 0.761. The lowest BCUT2D eigenvalue weighted by atomic mass is 10.1. The van der Waals surface area contributed by atoms with E-state index in [0.717, 1.165) is 23.4 Å². The predicted molar refractivity (Wildman–Crippen MR) is 59.5 cm³/mol. The Hall–Kier alpha value is -0.880. The van der Waals surface area contributed by atoms with E-state index in [1.807, 2.05) is 0 Å². The molecule has 0 amide bonds. The number of hydrogen-bond donors (Lipinski definition) is 0. The van der Waals surface area contributed by atoms with Gasteiger partial charge in [0.15, 0.2) is 0 Å². The average Bonchev–Trinajstić information content (AvgIpc) is 2.49. The van der Waals surface area contributed by atoms with E-state index in [-0.39, 0.29) is 0 Å². The van der Waals surface area contributed by atoms with Gasteiger partial charge in [0.1, 0.15) is 0 Å². The van der Waals surface area contributed by atoms with Crippen LogP contribution in [0.15, 0.2) is 0 Å².